The first-order chi connectivity index (χ1) is 13.7. The number of methoxy groups -OCH3 is 1. The number of ether oxygens (including phenoxy) is 2. The minimum atomic E-state index is 0.164. The second-order valence-electron chi connectivity index (χ2n) is 7.36. The molecule has 28 heavy (non-hydrogen) atoms. The van der Waals surface area contributed by atoms with Crippen LogP contribution in [0.2, 0.25) is 0 Å². The molecule has 4 rings (SSSR count). The van der Waals surface area contributed by atoms with Gasteiger partial charge in [0.25, 0.3) is 0 Å². The minimum absolute atomic E-state index is 0.164. The van der Waals surface area contributed by atoms with Crippen LogP contribution in [-0.4, -0.2) is 67.2 Å². The molecular formula is C21H27N3O3S. The molecule has 6 nitrogen and oxygen atoms in total. The Bertz CT molecular complexity index is 796. The van der Waals surface area contributed by atoms with Crippen LogP contribution in [0.3, 0.4) is 0 Å². The number of rotatable bonds is 5. The third-order valence-corrected chi connectivity index (χ3v) is 6.45. The molecule has 0 aliphatic carbocycles. The molecule has 150 valence electrons. The van der Waals surface area contributed by atoms with Crippen LogP contribution in [0.4, 0.5) is 0 Å². The number of thiazole rings is 1. The molecule has 1 amide bonds. The standard InChI is InChI=1S/C21H27N3O3S/c1-26-19-4-2-3-17(13-19)20-22-18(15-28-20)14-23-7-5-16(6-8-23)21(25)24-9-11-27-12-10-24/h2-4,13,15-16H,5-12,14H2,1H3. The van der Waals surface area contributed by atoms with Crippen LogP contribution in [0.15, 0.2) is 29.6 Å². The van der Waals surface area contributed by atoms with Crippen LogP contribution in [0, 0.1) is 5.92 Å². The molecule has 2 fully saturated rings. The number of hydrogen-bond donors (Lipinski definition) is 0. The Morgan fingerprint density at radius 2 is 2.04 bits per heavy atom. The lowest BCUT2D eigenvalue weighted by molar-refractivity contribution is -0.141. The summed E-state index contributed by atoms with van der Waals surface area (Å²) < 4.78 is 10.7. The second-order valence-corrected chi connectivity index (χ2v) is 8.22. The quantitative estimate of drug-likeness (QED) is 0.771. The monoisotopic (exact) mass is 401 g/mol. The van der Waals surface area contributed by atoms with Gasteiger partial charge in [-0.15, -0.1) is 11.3 Å². The fourth-order valence-corrected chi connectivity index (χ4v) is 4.69. The molecule has 1 aromatic heterocycles. The summed E-state index contributed by atoms with van der Waals surface area (Å²) in [6, 6.07) is 8.02. The molecule has 2 aliphatic heterocycles. The van der Waals surface area contributed by atoms with Gasteiger partial charge >= 0.3 is 0 Å². The summed E-state index contributed by atoms with van der Waals surface area (Å²) in [6.45, 7) is 5.57. The van der Waals surface area contributed by atoms with Gasteiger partial charge in [-0.3, -0.25) is 9.69 Å². The van der Waals surface area contributed by atoms with Crippen molar-refractivity contribution in [2.75, 3.05) is 46.5 Å². The Labute approximate surface area is 170 Å². The topological polar surface area (TPSA) is 54.9 Å². The van der Waals surface area contributed by atoms with E-state index in [1.54, 1.807) is 18.4 Å². The predicted molar refractivity (Wildman–Crippen MR) is 110 cm³/mol. The van der Waals surface area contributed by atoms with Crippen molar-refractivity contribution in [3.8, 4) is 16.3 Å². The van der Waals surface area contributed by atoms with Gasteiger partial charge in [0.1, 0.15) is 10.8 Å². The highest BCUT2D eigenvalue weighted by Gasteiger charge is 2.29. The lowest BCUT2D eigenvalue weighted by Gasteiger charge is -2.35. The smallest absolute Gasteiger partial charge is 0.225 e. The van der Waals surface area contributed by atoms with E-state index in [1.165, 1.54) is 0 Å². The zero-order valence-electron chi connectivity index (χ0n) is 16.3. The van der Waals surface area contributed by atoms with Crippen molar-refractivity contribution in [3.05, 3.63) is 35.3 Å². The minimum Gasteiger partial charge on any atom is -0.497 e. The van der Waals surface area contributed by atoms with Gasteiger partial charge < -0.3 is 14.4 Å². The second kappa shape index (κ2) is 9.03. The maximum atomic E-state index is 12.7. The number of hydrogen-bond acceptors (Lipinski definition) is 6. The highest BCUT2D eigenvalue weighted by atomic mass is 32.1. The molecule has 0 bridgehead atoms. The summed E-state index contributed by atoms with van der Waals surface area (Å²) >= 11 is 1.67. The summed E-state index contributed by atoms with van der Waals surface area (Å²) in [4.78, 5) is 21.9. The highest BCUT2D eigenvalue weighted by Crippen LogP contribution is 2.28. The van der Waals surface area contributed by atoms with Crippen molar-refractivity contribution in [1.82, 2.24) is 14.8 Å². The van der Waals surface area contributed by atoms with Gasteiger partial charge in [-0.25, -0.2) is 4.98 Å². The van der Waals surface area contributed by atoms with E-state index in [2.05, 4.69) is 16.3 Å². The van der Waals surface area contributed by atoms with Gasteiger partial charge in [0.2, 0.25) is 5.91 Å². The van der Waals surface area contributed by atoms with E-state index in [-0.39, 0.29) is 5.92 Å². The molecule has 0 saturated carbocycles. The fourth-order valence-electron chi connectivity index (χ4n) is 3.88. The van der Waals surface area contributed by atoms with Crippen LogP contribution < -0.4 is 4.74 Å². The zero-order valence-corrected chi connectivity index (χ0v) is 17.1. The zero-order chi connectivity index (χ0) is 19.3. The Kier molecular flexibility index (Phi) is 6.24. The maximum absolute atomic E-state index is 12.7. The van der Waals surface area contributed by atoms with E-state index in [0.29, 0.717) is 19.1 Å². The van der Waals surface area contributed by atoms with Crippen molar-refractivity contribution in [1.29, 1.82) is 0 Å². The number of amides is 1. The van der Waals surface area contributed by atoms with Crippen LogP contribution in [0.1, 0.15) is 18.5 Å². The summed E-state index contributed by atoms with van der Waals surface area (Å²) in [5, 5.41) is 3.16. The third-order valence-electron chi connectivity index (χ3n) is 5.51. The Hall–Kier alpha value is -1.96. The maximum Gasteiger partial charge on any atom is 0.225 e. The average molecular weight is 402 g/mol. The molecule has 0 N–H and O–H groups in total. The fraction of sp³-hybridized carbons (Fsp3) is 0.524. The van der Waals surface area contributed by atoms with Crippen LogP contribution in [0.5, 0.6) is 5.75 Å². The molecule has 1 aromatic carbocycles. The summed E-state index contributed by atoms with van der Waals surface area (Å²) in [6.07, 6.45) is 1.87. The van der Waals surface area contributed by atoms with Crippen molar-refractivity contribution >= 4 is 17.2 Å². The first kappa shape index (κ1) is 19.4. The number of nitrogens with zero attached hydrogens (tertiary/aromatic N) is 3. The molecule has 3 heterocycles. The Morgan fingerprint density at radius 1 is 1.25 bits per heavy atom. The number of piperidine rings is 1. The average Bonchev–Trinajstić information content (AvgIpc) is 3.23. The molecule has 2 aromatic rings. The van der Waals surface area contributed by atoms with Crippen molar-refractivity contribution < 1.29 is 14.3 Å². The van der Waals surface area contributed by atoms with Crippen LogP contribution in [-0.2, 0) is 16.1 Å². The molecule has 0 spiro atoms. The van der Waals surface area contributed by atoms with E-state index in [4.69, 9.17) is 14.5 Å². The SMILES string of the molecule is COc1cccc(-c2nc(CN3CCC(C(=O)N4CCOCC4)CC3)cs2)c1. The lowest BCUT2D eigenvalue weighted by Crippen LogP contribution is -2.46. The number of aromatic nitrogens is 1. The van der Waals surface area contributed by atoms with Gasteiger partial charge in [0.05, 0.1) is 26.0 Å². The van der Waals surface area contributed by atoms with Gasteiger partial charge in [-0.2, -0.15) is 0 Å². The van der Waals surface area contributed by atoms with E-state index >= 15 is 0 Å². The number of benzene rings is 1. The first-order valence-corrected chi connectivity index (χ1v) is 10.8. The number of likely N-dealkylation sites (tertiary alicyclic amines) is 1. The third kappa shape index (κ3) is 4.54. The summed E-state index contributed by atoms with van der Waals surface area (Å²) in [5.41, 5.74) is 2.19. The van der Waals surface area contributed by atoms with E-state index in [1.807, 2.05) is 23.1 Å². The molecule has 0 radical (unpaired) electrons. The molecule has 7 heteroatoms. The number of carbonyl (C=O) groups is 1. The predicted octanol–water partition coefficient (Wildman–Crippen LogP) is 2.89. The molecule has 0 atom stereocenters. The van der Waals surface area contributed by atoms with Crippen molar-refractivity contribution in [2.45, 2.75) is 19.4 Å². The largest absolute Gasteiger partial charge is 0.497 e. The Morgan fingerprint density at radius 3 is 2.79 bits per heavy atom. The number of carbonyl (C=O) groups excluding carboxylic acids is 1. The van der Waals surface area contributed by atoms with Crippen LogP contribution in [0.25, 0.3) is 10.6 Å². The molecular weight excluding hydrogens is 374 g/mol. The van der Waals surface area contributed by atoms with Gasteiger partial charge in [-0.05, 0) is 38.1 Å². The molecule has 2 aliphatic rings. The van der Waals surface area contributed by atoms with Gasteiger partial charge in [0, 0.05) is 36.5 Å². The molecule has 2 saturated heterocycles. The summed E-state index contributed by atoms with van der Waals surface area (Å²) in [7, 11) is 1.68. The van der Waals surface area contributed by atoms with Crippen molar-refractivity contribution in [3.63, 3.8) is 0 Å². The summed E-state index contributed by atoms with van der Waals surface area (Å²) in [5.74, 6) is 1.33. The highest BCUT2D eigenvalue weighted by molar-refractivity contribution is 7.13. The lowest BCUT2D eigenvalue weighted by atomic mass is 9.95. The Balaban J connectivity index is 1.30. The first-order valence-electron chi connectivity index (χ1n) is 9.90. The molecule has 0 unspecified atom stereocenters. The van der Waals surface area contributed by atoms with Crippen LogP contribution >= 0.6 is 11.3 Å². The van der Waals surface area contributed by atoms with Gasteiger partial charge in [-0.1, -0.05) is 12.1 Å². The van der Waals surface area contributed by atoms with E-state index in [9.17, 15) is 4.79 Å². The number of morpholine rings is 1. The van der Waals surface area contributed by atoms with Gasteiger partial charge in [0.15, 0.2) is 0 Å². The van der Waals surface area contributed by atoms with E-state index < -0.39 is 0 Å². The van der Waals surface area contributed by atoms with Crippen molar-refractivity contribution in [2.24, 2.45) is 5.92 Å². The van der Waals surface area contributed by atoms with E-state index in [0.717, 1.165) is 67.6 Å². The normalized spacial score (nSPS) is 19.0.